The van der Waals surface area contributed by atoms with E-state index in [0.717, 1.165) is 22.5 Å². The molecular formula is C11H14N6S. The van der Waals surface area contributed by atoms with Gasteiger partial charge >= 0.3 is 0 Å². The normalized spacial score (nSPS) is 14.7. The number of rotatable bonds is 5. The van der Waals surface area contributed by atoms with Crippen LogP contribution in [0.5, 0.6) is 0 Å². The lowest BCUT2D eigenvalue weighted by molar-refractivity contribution is 0.565. The van der Waals surface area contributed by atoms with Gasteiger partial charge in [0.1, 0.15) is 10.8 Å². The molecule has 94 valence electrons. The van der Waals surface area contributed by atoms with Crippen LogP contribution in [0.3, 0.4) is 0 Å². The Bertz CT molecular complexity index is 536. The largest absolute Gasteiger partial charge is 0.370 e. The molecule has 2 aromatic heterocycles. The van der Waals surface area contributed by atoms with E-state index in [9.17, 15) is 0 Å². The summed E-state index contributed by atoms with van der Waals surface area (Å²) < 4.78 is 1.90. The van der Waals surface area contributed by atoms with Crippen LogP contribution in [0.25, 0.3) is 0 Å². The number of tetrazole rings is 1. The van der Waals surface area contributed by atoms with Crippen LogP contribution in [-0.2, 0) is 0 Å². The summed E-state index contributed by atoms with van der Waals surface area (Å²) in [5.41, 5.74) is 0. The average molecular weight is 262 g/mol. The molecule has 0 saturated heterocycles. The molecule has 0 bridgehead atoms. The first-order chi connectivity index (χ1) is 8.86. The van der Waals surface area contributed by atoms with E-state index in [1.54, 1.807) is 0 Å². The highest BCUT2D eigenvalue weighted by Crippen LogP contribution is 2.37. The Morgan fingerprint density at radius 2 is 2.33 bits per heavy atom. The van der Waals surface area contributed by atoms with Gasteiger partial charge in [-0.15, -0.1) is 5.10 Å². The molecule has 6 nitrogen and oxygen atoms in total. The van der Waals surface area contributed by atoms with Crippen LogP contribution in [0.4, 0.5) is 5.82 Å². The first kappa shape index (κ1) is 11.5. The Hall–Kier alpha value is -1.63. The van der Waals surface area contributed by atoms with E-state index >= 15 is 0 Å². The fraction of sp³-hybridized carbons (Fsp3) is 0.455. The minimum atomic E-state index is 0.486. The molecule has 18 heavy (non-hydrogen) atoms. The van der Waals surface area contributed by atoms with Crippen molar-refractivity contribution < 1.29 is 0 Å². The zero-order valence-electron chi connectivity index (χ0n) is 10.1. The molecule has 0 aliphatic heterocycles. The van der Waals surface area contributed by atoms with Crippen molar-refractivity contribution >= 4 is 17.6 Å². The molecule has 0 radical (unpaired) electrons. The van der Waals surface area contributed by atoms with Crippen molar-refractivity contribution in [3.63, 3.8) is 0 Å². The number of pyridine rings is 1. The van der Waals surface area contributed by atoms with Crippen molar-refractivity contribution in [1.29, 1.82) is 0 Å². The number of nitrogens with zero attached hydrogens (tertiary/aromatic N) is 5. The molecule has 0 atom stereocenters. The Morgan fingerprint density at radius 3 is 3.11 bits per heavy atom. The van der Waals surface area contributed by atoms with Gasteiger partial charge in [0, 0.05) is 6.54 Å². The van der Waals surface area contributed by atoms with Gasteiger partial charge in [0.15, 0.2) is 0 Å². The fourth-order valence-corrected chi connectivity index (χ4v) is 2.48. The minimum Gasteiger partial charge on any atom is -0.370 e. The lowest BCUT2D eigenvalue weighted by Crippen LogP contribution is -2.00. The van der Waals surface area contributed by atoms with E-state index in [4.69, 9.17) is 0 Å². The standard InChI is InChI=1S/C11H14N6S/c1-2-12-9-4-3-5-10(13-9)18-11-14-15-16-17(11)8-6-7-8/h3-5,8H,2,6-7H2,1H3,(H,12,13). The number of hydrogen-bond acceptors (Lipinski definition) is 6. The Labute approximate surface area is 109 Å². The Morgan fingerprint density at radius 1 is 1.44 bits per heavy atom. The molecule has 1 fully saturated rings. The smallest absolute Gasteiger partial charge is 0.215 e. The maximum Gasteiger partial charge on any atom is 0.215 e. The maximum absolute atomic E-state index is 4.50. The molecule has 2 heterocycles. The number of hydrogen-bond donors (Lipinski definition) is 1. The first-order valence-corrected chi connectivity index (χ1v) is 6.85. The van der Waals surface area contributed by atoms with Crippen molar-refractivity contribution in [2.24, 2.45) is 0 Å². The fourth-order valence-electron chi connectivity index (χ4n) is 1.65. The van der Waals surface area contributed by atoms with Gasteiger partial charge in [0.25, 0.3) is 0 Å². The van der Waals surface area contributed by atoms with E-state index < -0.39 is 0 Å². The first-order valence-electron chi connectivity index (χ1n) is 6.03. The highest BCUT2D eigenvalue weighted by molar-refractivity contribution is 7.99. The average Bonchev–Trinajstić information content (AvgIpc) is 3.12. The number of nitrogens with one attached hydrogen (secondary N) is 1. The van der Waals surface area contributed by atoms with Crippen molar-refractivity contribution in [1.82, 2.24) is 25.2 Å². The summed E-state index contributed by atoms with van der Waals surface area (Å²) in [6.45, 7) is 2.91. The van der Waals surface area contributed by atoms with Crippen LogP contribution in [0.1, 0.15) is 25.8 Å². The number of aromatic nitrogens is 5. The summed E-state index contributed by atoms with van der Waals surface area (Å²) in [6, 6.07) is 6.40. The summed E-state index contributed by atoms with van der Waals surface area (Å²) in [6.07, 6.45) is 2.34. The molecule has 1 aliphatic carbocycles. The molecule has 1 N–H and O–H groups in total. The monoisotopic (exact) mass is 262 g/mol. The molecule has 1 saturated carbocycles. The lowest BCUT2D eigenvalue weighted by atomic mass is 10.4. The topological polar surface area (TPSA) is 68.5 Å². The zero-order valence-corrected chi connectivity index (χ0v) is 10.9. The molecule has 0 spiro atoms. The van der Waals surface area contributed by atoms with Crippen molar-refractivity contribution in [2.75, 3.05) is 11.9 Å². The minimum absolute atomic E-state index is 0.486. The van der Waals surface area contributed by atoms with Crippen LogP contribution >= 0.6 is 11.8 Å². The summed E-state index contributed by atoms with van der Waals surface area (Å²) in [4.78, 5) is 4.50. The number of anilines is 1. The van der Waals surface area contributed by atoms with Gasteiger partial charge in [0.05, 0.1) is 6.04 Å². The molecule has 0 aromatic carbocycles. The van der Waals surface area contributed by atoms with Crippen molar-refractivity contribution in [3.8, 4) is 0 Å². The van der Waals surface area contributed by atoms with E-state index in [2.05, 4.69) is 32.7 Å². The molecule has 0 unspecified atom stereocenters. The van der Waals surface area contributed by atoms with Gasteiger partial charge in [-0.05, 0) is 54.1 Å². The highest BCUT2D eigenvalue weighted by atomic mass is 32.2. The van der Waals surface area contributed by atoms with E-state index in [0.29, 0.717) is 6.04 Å². The molecule has 0 amide bonds. The SMILES string of the molecule is CCNc1cccc(Sc2nnnn2C2CC2)n1. The zero-order chi connectivity index (χ0) is 12.4. The second kappa shape index (κ2) is 4.93. The van der Waals surface area contributed by atoms with Gasteiger partial charge in [-0.2, -0.15) is 0 Å². The summed E-state index contributed by atoms with van der Waals surface area (Å²) in [7, 11) is 0. The van der Waals surface area contributed by atoms with Gasteiger partial charge in [-0.1, -0.05) is 6.07 Å². The molecule has 2 aromatic rings. The Balaban J connectivity index is 1.78. The molecule has 7 heteroatoms. The van der Waals surface area contributed by atoms with E-state index in [1.165, 1.54) is 24.6 Å². The van der Waals surface area contributed by atoms with Crippen LogP contribution < -0.4 is 5.32 Å². The third-order valence-electron chi connectivity index (χ3n) is 2.63. The molecule has 3 rings (SSSR count). The molecule has 1 aliphatic rings. The summed E-state index contributed by atoms with van der Waals surface area (Å²) in [5, 5.41) is 16.7. The second-order valence-electron chi connectivity index (χ2n) is 4.13. The van der Waals surface area contributed by atoms with Crippen LogP contribution in [0.2, 0.25) is 0 Å². The van der Waals surface area contributed by atoms with Crippen LogP contribution in [0, 0.1) is 0 Å². The second-order valence-corrected chi connectivity index (χ2v) is 5.12. The lowest BCUT2D eigenvalue weighted by Gasteiger charge is -2.05. The summed E-state index contributed by atoms with van der Waals surface area (Å²) in [5.74, 6) is 0.882. The predicted molar refractivity (Wildman–Crippen MR) is 68.6 cm³/mol. The van der Waals surface area contributed by atoms with Crippen LogP contribution in [0.15, 0.2) is 28.4 Å². The predicted octanol–water partition coefficient (Wildman–Crippen LogP) is 1.99. The highest BCUT2D eigenvalue weighted by Gasteiger charge is 2.28. The third kappa shape index (κ3) is 2.45. The van der Waals surface area contributed by atoms with Gasteiger partial charge in [-0.25, -0.2) is 9.67 Å². The maximum atomic E-state index is 4.50. The van der Waals surface area contributed by atoms with Crippen LogP contribution in [-0.4, -0.2) is 31.7 Å². The van der Waals surface area contributed by atoms with Gasteiger partial charge in [-0.3, -0.25) is 0 Å². The summed E-state index contributed by atoms with van der Waals surface area (Å²) >= 11 is 1.50. The van der Waals surface area contributed by atoms with Crippen molar-refractivity contribution in [3.05, 3.63) is 18.2 Å². The Kier molecular flexibility index (Phi) is 3.14. The quantitative estimate of drug-likeness (QED) is 0.888. The van der Waals surface area contributed by atoms with Gasteiger partial charge < -0.3 is 5.32 Å². The van der Waals surface area contributed by atoms with E-state index in [-0.39, 0.29) is 0 Å². The molecular weight excluding hydrogens is 248 g/mol. The third-order valence-corrected chi connectivity index (χ3v) is 3.52. The van der Waals surface area contributed by atoms with E-state index in [1.807, 2.05) is 22.9 Å². The van der Waals surface area contributed by atoms with Gasteiger partial charge in [0.2, 0.25) is 5.16 Å². The van der Waals surface area contributed by atoms with Crippen molar-refractivity contribution in [2.45, 2.75) is 36.0 Å².